The lowest BCUT2D eigenvalue weighted by molar-refractivity contribution is -0.0229. The number of nitrogens with zero attached hydrogens (tertiary/aromatic N) is 1. The normalized spacial score (nSPS) is 24.0. The smallest absolute Gasteiger partial charge is 0.397 e. The number of aromatic nitrogens is 2. The number of rotatable bonds is 4. The first-order chi connectivity index (χ1) is 13.1. The molecule has 4 rings (SSSR count). The Bertz CT molecular complexity index is 998. The Balaban J connectivity index is 1.35. The monoisotopic (exact) mass is 404 g/mol. The Kier molecular flexibility index (Phi) is 5.39. The SMILES string of the molecule is C#Cc1cn(C2CCC(COP3OCc4ccccc4O3)O2)c(=O)[nH]c1=S. The number of hydrogen-bond acceptors (Lipinski definition) is 6. The maximum atomic E-state index is 12.1. The molecule has 9 heteroatoms. The summed E-state index contributed by atoms with van der Waals surface area (Å²) in [6.07, 6.45) is 7.83. The Labute approximate surface area is 162 Å². The third kappa shape index (κ3) is 3.98. The maximum absolute atomic E-state index is 12.1. The second-order valence-electron chi connectivity index (χ2n) is 6.14. The molecule has 0 amide bonds. The van der Waals surface area contributed by atoms with Crippen LogP contribution in [0.3, 0.4) is 0 Å². The predicted octanol–water partition coefficient (Wildman–Crippen LogP) is 3.42. The summed E-state index contributed by atoms with van der Waals surface area (Å²) in [7, 11) is -1.46. The largest absolute Gasteiger partial charge is 0.426 e. The quantitative estimate of drug-likeness (QED) is 0.478. The highest BCUT2D eigenvalue weighted by atomic mass is 32.1. The van der Waals surface area contributed by atoms with E-state index in [1.165, 1.54) is 4.57 Å². The molecule has 1 saturated heterocycles. The van der Waals surface area contributed by atoms with Crippen molar-refractivity contribution < 1.29 is 18.3 Å². The molecule has 2 aliphatic heterocycles. The van der Waals surface area contributed by atoms with Gasteiger partial charge in [0.25, 0.3) is 0 Å². The molecule has 1 N–H and O–H groups in total. The van der Waals surface area contributed by atoms with Gasteiger partial charge in [0.2, 0.25) is 0 Å². The van der Waals surface area contributed by atoms with Crippen LogP contribution in [0.1, 0.15) is 30.2 Å². The third-order valence-corrected chi connectivity index (χ3v) is 5.72. The lowest BCUT2D eigenvalue weighted by atomic mass is 10.2. The standard InChI is InChI=1S/C18H17N2O5PS/c1-2-12-9-20(18(21)19-17(12)27)16-8-7-14(24-16)11-23-26-22-10-13-5-3-4-6-15(13)25-26/h1,3-6,9,14,16H,7-8,10-11H2,(H,19,21,27). The molecule has 3 atom stereocenters. The van der Waals surface area contributed by atoms with Crippen LogP contribution in [0.15, 0.2) is 35.3 Å². The van der Waals surface area contributed by atoms with Gasteiger partial charge in [0.15, 0.2) is 0 Å². The zero-order chi connectivity index (χ0) is 18.8. The summed E-state index contributed by atoms with van der Waals surface area (Å²) in [5, 5.41) is 0. The van der Waals surface area contributed by atoms with E-state index in [0.29, 0.717) is 25.2 Å². The summed E-state index contributed by atoms with van der Waals surface area (Å²) in [6, 6.07) is 7.71. The first-order valence-corrected chi connectivity index (χ1v) is 9.94. The number of hydrogen-bond donors (Lipinski definition) is 1. The lowest BCUT2D eigenvalue weighted by Gasteiger charge is -2.24. The molecular formula is C18H17N2O5PS. The van der Waals surface area contributed by atoms with Crippen LogP contribution in [0.2, 0.25) is 0 Å². The maximum Gasteiger partial charge on any atom is 0.397 e. The highest BCUT2D eigenvalue weighted by Crippen LogP contribution is 2.47. The third-order valence-electron chi connectivity index (χ3n) is 4.36. The van der Waals surface area contributed by atoms with E-state index in [2.05, 4.69) is 10.9 Å². The minimum absolute atomic E-state index is 0.161. The van der Waals surface area contributed by atoms with Crippen molar-refractivity contribution in [3.05, 3.63) is 56.7 Å². The van der Waals surface area contributed by atoms with Crippen LogP contribution >= 0.6 is 20.8 Å². The Hall–Kier alpha value is -2.01. The van der Waals surface area contributed by atoms with Crippen molar-refractivity contribution in [2.45, 2.75) is 31.8 Å². The van der Waals surface area contributed by atoms with Crippen molar-refractivity contribution in [3.8, 4) is 18.1 Å². The molecule has 1 fully saturated rings. The second-order valence-corrected chi connectivity index (χ2v) is 7.69. The van der Waals surface area contributed by atoms with Crippen LogP contribution in [-0.4, -0.2) is 22.3 Å². The van der Waals surface area contributed by atoms with Gasteiger partial charge in [0.1, 0.15) is 16.6 Å². The van der Waals surface area contributed by atoms with Crippen LogP contribution in [0.25, 0.3) is 0 Å². The van der Waals surface area contributed by atoms with Crippen LogP contribution < -0.4 is 10.2 Å². The summed E-state index contributed by atoms with van der Waals surface area (Å²) in [5.41, 5.74) is 1.12. The van der Waals surface area contributed by atoms with E-state index < -0.39 is 14.8 Å². The van der Waals surface area contributed by atoms with Crippen LogP contribution in [-0.2, 0) is 20.4 Å². The van der Waals surface area contributed by atoms with Crippen molar-refractivity contribution in [3.63, 3.8) is 0 Å². The number of fused-ring (bicyclic) bond motifs is 1. The Morgan fingerprint density at radius 1 is 1.41 bits per heavy atom. The fourth-order valence-electron chi connectivity index (χ4n) is 2.96. The summed E-state index contributed by atoms with van der Waals surface area (Å²) in [4.78, 5) is 14.7. The average Bonchev–Trinajstić information content (AvgIpc) is 3.15. The highest BCUT2D eigenvalue weighted by molar-refractivity contribution is 7.71. The number of terminal acetylenes is 1. The molecule has 2 aliphatic rings. The molecular weight excluding hydrogens is 387 g/mol. The van der Waals surface area contributed by atoms with Gasteiger partial charge in [-0.05, 0) is 18.9 Å². The molecule has 1 aromatic heterocycles. The van der Waals surface area contributed by atoms with Crippen molar-refractivity contribution in [2.75, 3.05) is 6.61 Å². The van der Waals surface area contributed by atoms with Gasteiger partial charge in [-0.3, -0.25) is 18.6 Å². The van der Waals surface area contributed by atoms with E-state index in [-0.39, 0.29) is 16.4 Å². The number of ether oxygens (including phenoxy) is 1. The van der Waals surface area contributed by atoms with E-state index in [0.717, 1.165) is 17.7 Å². The van der Waals surface area contributed by atoms with Gasteiger partial charge in [0, 0.05) is 11.8 Å². The summed E-state index contributed by atoms with van der Waals surface area (Å²) in [5.74, 6) is 3.25. The minimum atomic E-state index is -1.46. The molecule has 27 heavy (non-hydrogen) atoms. The van der Waals surface area contributed by atoms with Gasteiger partial charge in [0.05, 0.1) is 24.9 Å². The molecule has 0 spiro atoms. The van der Waals surface area contributed by atoms with Gasteiger partial charge in [-0.25, -0.2) is 4.79 Å². The molecule has 0 aliphatic carbocycles. The van der Waals surface area contributed by atoms with Crippen LogP contribution in [0, 0.1) is 17.0 Å². The zero-order valence-corrected chi connectivity index (χ0v) is 16.0. The number of nitrogens with one attached hydrogen (secondary N) is 1. The molecule has 0 saturated carbocycles. The second kappa shape index (κ2) is 7.93. The number of aromatic amines is 1. The summed E-state index contributed by atoms with van der Waals surface area (Å²) in [6.45, 7) is 0.785. The van der Waals surface area contributed by atoms with E-state index in [1.54, 1.807) is 6.20 Å². The van der Waals surface area contributed by atoms with Gasteiger partial charge < -0.3 is 9.26 Å². The molecule has 7 nitrogen and oxygen atoms in total. The van der Waals surface area contributed by atoms with Crippen molar-refractivity contribution in [2.24, 2.45) is 0 Å². The van der Waals surface area contributed by atoms with Gasteiger partial charge in [-0.15, -0.1) is 6.42 Å². The molecule has 140 valence electrons. The van der Waals surface area contributed by atoms with E-state index in [9.17, 15) is 4.79 Å². The first-order valence-electron chi connectivity index (χ1n) is 8.43. The fourth-order valence-corrected chi connectivity index (χ4v) is 4.21. The van der Waals surface area contributed by atoms with E-state index >= 15 is 0 Å². The van der Waals surface area contributed by atoms with E-state index in [1.807, 2.05) is 24.3 Å². The molecule has 0 bridgehead atoms. The zero-order valence-electron chi connectivity index (χ0n) is 14.3. The Morgan fingerprint density at radius 2 is 2.26 bits per heavy atom. The average molecular weight is 404 g/mol. The van der Waals surface area contributed by atoms with Crippen molar-refractivity contribution in [1.82, 2.24) is 9.55 Å². The topological polar surface area (TPSA) is 74.7 Å². The number of H-pyrrole nitrogens is 1. The van der Waals surface area contributed by atoms with Gasteiger partial charge in [-0.1, -0.05) is 36.3 Å². The van der Waals surface area contributed by atoms with Crippen LogP contribution in [0.4, 0.5) is 0 Å². The Morgan fingerprint density at radius 3 is 3.11 bits per heavy atom. The minimum Gasteiger partial charge on any atom is -0.426 e. The molecule has 1 aromatic carbocycles. The van der Waals surface area contributed by atoms with Crippen LogP contribution in [0.5, 0.6) is 5.75 Å². The van der Waals surface area contributed by atoms with Crippen molar-refractivity contribution in [1.29, 1.82) is 0 Å². The summed E-state index contributed by atoms with van der Waals surface area (Å²) < 4.78 is 24.7. The van der Waals surface area contributed by atoms with Crippen molar-refractivity contribution >= 4 is 20.8 Å². The van der Waals surface area contributed by atoms with E-state index in [4.69, 9.17) is 36.9 Å². The van der Waals surface area contributed by atoms with Gasteiger partial charge in [-0.2, -0.15) is 0 Å². The lowest BCUT2D eigenvalue weighted by Crippen LogP contribution is -2.28. The molecule has 3 heterocycles. The highest BCUT2D eigenvalue weighted by Gasteiger charge is 2.30. The predicted molar refractivity (Wildman–Crippen MR) is 102 cm³/mol. The van der Waals surface area contributed by atoms with Gasteiger partial charge >= 0.3 is 14.3 Å². The molecule has 2 aromatic rings. The number of benzene rings is 1. The molecule has 3 unspecified atom stereocenters. The molecule has 0 radical (unpaired) electrons. The number of para-hydroxylation sites is 1. The first kappa shape index (κ1) is 18.4. The fraction of sp³-hybridized carbons (Fsp3) is 0.333. The summed E-state index contributed by atoms with van der Waals surface area (Å²) >= 11 is 5.04.